The van der Waals surface area contributed by atoms with Crippen molar-refractivity contribution in [3.8, 4) is 5.75 Å². The second-order valence-corrected chi connectivity index (χ2v) is 3.90. The van der Waals surface area contributed by atoms with E-state index in [0.29, 0.717) is 6.54 Å². The summed E-state index contributed by atoms with van der Waals surface area (Å²) in [4.78, 5) is 11.5. The molecule has 0 spiro atoms. The second kappa shape index (κ2) is 6.91. The van der Waals surface area contributed by atoms with Gasteiger partial charge in [-0.25, -0.2) is 0 Å². The molecule has 4 heteroatoms. The van der Waals surface area contributed by atoms with E-state index in [2.05, 4.69) is 10.6 Å². The third kappa shape index (κ3) is 4.44. The average Bonchev–Trinajstić information content (AvgIpc) is 2.37. The van der Waals surface area contributed by atoms with E-state index in [0.717, 1.165) is 17.7 Å². The first-order valence-electron chi connectivity index (χ1n) is 5.75. The molecule has 4 nitrogen and oxygen atoms in total. The summed E-state index contributed by atoms with van der Waals surface area (Å²) in [5.41, 5.74) is 1.15. The Morgan fingerprint density at radius 2 is 2.24 bits per heavy atom. The maximum absolute atomic E-state index is 11.5. The molecule has 0 bridgehead atoms. The Bertz CT molecular complexity index is 366. The molecule has 0 saturated carbocycles. The highest BCUT2D eigenvalue weighted by molar-refractivity contribution is 5.81. The Hall–Kier alpha value is -1.55. The molecule has 0 aliphatic rings. The molecule has 1 aromatic carbocycles. The number of nitrogens with one attached hydrogen (secondary N) is 2. The van der Waals surface area contributed by atoms with Gasteiger partial charge < -0.3 is 15.4 Å². The Balaban J connectivity index is 2.37. The molecule has 1 unspecified atom stereocenters. The van der Waals surface area contributed by atoms with E-state index >= 15 is 0 Å². The fourth-order valence-corrected chi connectivity index (χ4v) is 1.44. The smallest absolute Gasteiger partial charge is 0.236 e. The van der Waals surface area contributed by atoms with Crippen LogP contribution in [0.1, 0.15) is 12.5 Å². The van der Waals surface area contributed by atoms with Crippen molar-refractivity contribution in [1.29, 1.82) is 0 Å². The Morgan fingerprint density at radius 3 is 2.88 bits per heavy atom. The standard InChI is InChI=1S/C13H20N2O2/c1-10(14-2)13(16)15-8-7-11-5-4-6-12(9-11)17-3/h4-6,9-10,14H,7-8H2,1-3H3,(H,15,16). The van der Waals surface area contributed by atoms with Crippen molar-refractivity contribution in [2.24, 2.45) is 0 Å². The van der Waals surface area contributed by atoms with Crippen LogP contribution in [0.4, 0.5) is 0 Å². The summed E-state index contributed by atoms with van der Waals surface area (Å²) in [5.74, 6) is 0.868. The summed E-state index contributed by atoms with van der Waals surface area (Å²) < 4.78 is 5.14. The zero-order chi connectivity index (χ0) is 12.7. The van der Waals surface area contributed by atoms with Crippen LogP contribution in [0.5, 0.6) is 5.75 Å². The predicted octanol–water partition coefficient (Wildman–Crippen LogP) is 0.962. The van der Waals surface area contributed by atoms with Crippen LogP contribution < -0.4 is 15.4 Å². The van der Waals surface area contributed by atoms with Crippen LogP contribution in [0.15, 0.2) is 24.3 Å². The summed E-state index contributed by atoms with van der Waals surface area (Å²) in [7, 11) is 3.42. The van der Waals surface area contributed by atoms with Gasteiger partial charge in [-0.2, -0.15) is 0 Å². The lowest BCUT2D eigenvalue weighted by atomic mass is 10.1. The third-order valence-electron chi connectivity index (χ3n) is 2.67. The van der Waals surface area contributed by atoms with Gasteiger partial charge in [-0.1, -0.05) is 12.1 Å². The molecule has 94 valence electrons. The maximum Gasteiger partial charge on any atom is 0.236 e. The van der Waals surface area contributed by atoms with Crippen LogP contribution in [0.3, 0.4) is 0 Å². The SMILES string of the molecule is CNC(C)C(=O)NCCc1cccc(OC)c1. The molecule has 1 atom stereocenters. The highest BCUT2D eigenvalue weighted by Crippen LogP contribution is 2.12. The molecule has 0 aliphatic carbocycles. The van der Waals surface area contributed by atoms with Gasteiger partial charge >= 0.3 is 0 Å². The number of methoxy groups -OCH3 is 1. The molecule has 0 saturated heterocycles. The first-order chi connectivity index (χ1) is 8.17. The summed E-state index contributed by atoms with van der Waals surface area (Å²) in [5, 5.41) is 5.78. The van der Waals surface area contributed by atoms with Gasteiger partial charge in [0.2, 0.25) is 5.91 Å². The van der Waals surface area contributed by atoms with Gasteiger partial charge in [0.1, 0.15) is 5.75 Å². The number of likely N-dealkylation sites (N-methyl/N-ethyl adjacent to an activating group) is 1. The lowest BCUT2D eigenvalue weighted by Crippen LogP contribution is -2.41. The highest BCUT2D eigenvalue weighted by Gasteiger charge is 2.08. The number of carbonyl (C=O) groups excluding carboxylic acids is 1. The van der Waals surface area contributed by atoms with Crippen molar-refractivity contribution >= 4 is 5.91 Å². The first kappa shape index (κ1) is 13.5. The number of ether oxygens (including phenoxy) is 1. The van der Waals surface area contributed by atoms with Crippen LogP contribution in [-0.2, 0) is 11.2 Å². The van der Waals surface area contributed by atoms with E-state index in [1.54, 1.807) is 14.2 Å². The van der Waals surface area contributed by atoms with E-state index in [9.17, 15) is 4.79 Å². The fourth-order valence-electron chi connectivity index (χ4n) is 1.44. The van der Waals surface area contributed by atoms with Gasteiger partial charge in [0.05, 0.1) is 13.2 Å². The monoisotopic (exact) mass is 236 g/mol. The molecule has 0 heterocycles. The maximum atomic E-state index is 11.5. The lowest BCUT2D eigenvalue weighted by molar-refractivity contribution is -0.122. The molecule has 0 radical (unpaired) electrons. The molecule has 0 aliphatic heterocycles. The van der Waals surface area contributed by atoms with Crippen LogP contribution in [0, 0.1) is 0 Å². The van der Waals surface area contributed by atoms with Crippen molar-refractivity contribution < 1.29 is 9.53 Å². The molecule has 17 heavy (non-hydrogen) atoms. The predicted molar refractivity (Wildman–Crippen MR) is 68.2 cm³/mol. The summed E-state index contributed by atoms with van der Waals surface area (Å²) in [6, 6.07) is 7.71. The summed E-state index contributed by atoms with van der Waals surface area (Å²) in [6.07, 6.45) is 0.805. The van der Waals surface area contributed by atoms with Crippen molar-refractivity contribution in [1.82, 2.24) is 10.6 Å². The van der Waals surface area contributed by atoms with E-state index in [4.69, 9.17) is 4.74 Å². The number of hydrogen-bond donors (Lipinski definition) is 2. The average molecular weight is 236 g/mol. The Kier molecular flexibility index (Phi) is 5.49. The Labute approximate surface area is 102 Å². The minimum absolute atomic E-state index is 0.0235. The first-order valence-corrected chi connectivity index (χ1v) is 5.75. The van der Waals surface area contributed by atoms with Crippen LogP contribution >= 0.6 is 0 Å². The van der Waals surface area contributed by atoms with E-state index in [-0.39, 0.29) is 11.9 Å². The van der Waals surface area contributed by atoms with Crippen molar-refractivity contribution in [2.75, 3.05) is 20.7 Å². The van der Waals surface area contributed by atoms with E-state index in [1.165, 1.54) is 0 Å². The number of benzene rings is 1. The van der Waals surface area contributed by atoms with Crippen molar-refractivity contribution in [2.45, 2.75) is 19.4 Å². The molecule has 0 fully saturated rings. The largest absolute Gasteiger partial charge is 0.497 e. The van der Waals surface area contributed by atoms with Gasteiger partial charge in [0.15, 0.2) is 0 Å². The summed E-state index contributed by atoms with van der Waals surface area (Å²) >= 11 is 0. The van der Waals surface area contributed by atoms with Crippen LogP contribution in [0.2, 0.25) is 0 Å². The molecular weight excluding hydrogens is 216 g/mol. The zero-order valence-corrected chi connectivity index (χ0v) is 10.6. The van der Waals surface area contributed by atoms with Gasteiger partial charge in [-0.05, 0) is 38.1 Å². The van der Waals surface area contributed by atoms with Gasteiger partial charge in [0.25, 0.3) is 0 Å². The number of hydrogen-bond acceptors (Lipinski definition) is 3. The van der Waals surface area contributed by atoms with Crippen LogP contribution in [0.25, 0.3) is 0 Å². The topological polar surface area (TPSA) is 50.4 Å². The van der Waals surface area contributed by atoms with Gasteiger partial charge in [-0.3, -0.25) is 4.79 Å². The minimum atomic E-state index is -0.152. The van der Waals surface area contributed by atoms with Gasteiger partial charge in [-0.15, -0.1) is 0 Å². The molecule has 1 amide bonds. The fraction of sp³-hybridized carbons (Fsp3) is 0.462. The zero-order valence-electron chi connectivity index (χ0n) is 10.6. The number of carbonyl (C=O) groups is 1. The van der Waals surface area contributed by atoms with E-state index < -0.39 is 0 Å². The highest BCUT2D eigenvalue weighted by atomic mass is 16.5. The molecule has 2 N–H and O–H groups in total. The van der Waals surface area contributed by atoms with E-state index in [1.807, 2.05) is 31.2 Å². The molecule has 1 aromatic rings. The normalized spacial score (nSPS) is 11.9. The molecular formula is C13H20N2O2. The lowest BCUT2D eigenvalue weighted by Gasteiger charge is -2.11. The quantitative estimate of drug-likeness (QED) is 0.773. The molecule has 1 rings (SSSR count). The van der Waals surface area contributed by atoms with Gasteiger partial charge in [0, 0.05) is 6.54 Å². The number of rotatable bonds is 6. The Morgan fingerprint density at radius 1 is 1.47 bits per heavy atom. The minimum Gasteiger partial charge on any atom is -0.497 e. The molecule has 0 aromatic heterocycles. The van der Waals surface area contributed by atoms with Crippen LogP contribution in [-0.4, -0.2) is 32.7 Å². The third-order valence-corrected chi connectivity index (χ3v) is 2.67. The summed E-state index contributed by atoms with van der Waals surface area (Å²) in [6.45, 7) is 2.47. The van der Waals surface area contributed by atoms with Crippen molar-refractivity contribution in [3.63, 3.8) is 0 Å². The number of amides is 1. The van der Waals surface area contributed by atoms with Crippen molar-refractivity contribution in [3.05, 3.63) is 29.8 Å². The second-order valence-electron chi connectivity index (χ2n) is 3.90.